The van der Waals surface area contributed by atoms with Gasteiger partial charge in [-0.3, -0.25) is 0 Å². The predicted octanol–water partition coefficient (Wildman–Crippen LogP) is 3.28. The normalized spacial score (nSPS) is 12.5. The predicted molar refractivity (Wildman–Crippen MR) is 112 cm³/mol. The minimum atomic E-state index is -0.0672. The standard InChI is InChI=1S/C20H30N4O2S/c1-5-19-24-16(14-27-19)11-12-22-20(21-6-2)23-13-15(3)26-18-10-8-7-9-17(18)25-4/h7-10,14-15H,5-6,11-13H2,1-4H3,(H2,21,22,23). The van der Waals surface area contributed by atoms with Gasteiger partial charge in [-0.25, -0.2) is 9.98 Å². The third kappa shape index (κ3) is 7.09. The maximum Gasteiger partial charge on any atom is 0.191 e. The highest BCUT2D eigenvalue weighted by Gasteiger charge is 2.09. The average molecular weight is 391 g/mol. The Labute approximate surface area is 166 Å². The van der Waals surface area contributed by atoms with E-state index in [1.54, 1.807) is 18.4 Å². The third-order valence-electron chi connectivity index (χ3n) is 3.82. The van der Waals surface area contributed by atoms with Gasteiger partial charge in [0.25, 0.3) is 0 Å². The molecule has 7 heteroatoms. The molecule has 0 saturated heterocycles. The molecular weight excluding hydrogens is 360 g/mol. The Balaban J connectivity index is 1.84. The van der Waals surface area contributed by atoms with Gasteiger partial charge < -0.3 is 20.1 Å². The fraction of sp³-hybridized carbons (Fsp3) is 0.500. The van der Waals surface area contributed by atoms with Crippen LogP contribution in [-0.4, -0.2) is 43.8 Å². The molecule has 0 amide bonds. The molecule has 0 aliphatic rings. The SMILES string of the molecule is CCNC(=NCC(C)Oc1ccccc1OC)NCCc1csc(CC)n1. The van der Waals surface area contributed by atoms with Crippen molar-refractivity contribution in [3.05, 3.63) is 40.3 Å². The summed E-state index contributed by atoms with van der Waals surface area (Å²) in [5.74, 6) is 2.25. The zero-order chi connectivity index (χ0) is 19.5. The summed E-state index contributed by atoms with van der Waals surface area (Å²) in [7, 11) is 1.64. The van der Waals surface area contributed by atoms with Crippen LogP contribution in [0.5, 0.6) is 11.5 Å². The first-order valence-corrected chi connectivity index (χ1v) is 10.3. The minimum absolute atomic E-state index is 0.0672. The Kier molecular flexibility index (Phi) is 8.91. The number of nitrogens with zero attached hydrogens (tertiary/aromatic N) is 2. The molecule has 1 aromatic heterocycles. The largest absolute Gasteiger partial charge is 0.493 e. The van der Waals surface area contributed by atoms with Gasteiger partial charge >= 0.3 is 0 Å². The van der Waals surface area contributed by atoms with Gasteiger partial charge in [0.2, 0.25) is 0 Å². The monoisotopic (exact) mass is 390 g/mol. The van der Waals surface area contributed by atoms with Gasteiger partial charge in [-0.1, -0.05) is 19.1 Å². The molecule has 0 aliphatic heterocycles. The van der Waals surface area contributed by atoms with Crippen LogP contribution in [0.1, 0.15) is 31.5 Å². The van der Waals surface area contributed by atoms with Crippen molar-refractivity contribution in [2.24, 2.45) is 4.99 Å². The van der Waals surface area contributed by atoms with Crippen molar-refractivity contribution in [3.8, 4) is 11.5 Å². The van der Waals surface area contributed by atoms with E-state index >= 15 is 0 Å². The number of aliphatic imine (C=N–C) groups is 1. The number of para-hydroxylation sites is 2. The molecule has 0 fully saturated rings. The van der Waals surface area contributed by atoms with E-state index in [2.05, 4.69) is 39.8 Å². The number of methoxy groups -OCH3 is 1. The number of ether oxygens (including phenoxy) is 2. The van der Waals surface area contributed by atoms with Crippen LogP contribution >= 0.6 is 11.3 Å². The summed E-state index contributed by atoms with van der Waals surface area (Å²) < 4.78 is 11.3. The van der Waals surface area contributed by atoms with Crippen molar-refractivity contribution >= 4 is 17.3 Å². The van der Waals surface area contributed by atoms with Crippen LogP contribution in [0.4, 0.5) is 0 Å². The summed E-state index contributed by atoms with van der Waals surface area (Å²) in [6, 6.07) is 7.65. The number of nitrogens with one attached hydrogen (secondary N) is 2. The molecule has 1 atom stereocenters. The van der Waals surface area contributed by atoms with Crippen LogP contribution in [0.2, 0.25) is 0 Å². The van der Waals surface area contributed by atoms with E-state index in [4.69, 9.17) is 9.47 Å². The summed E-state index contributed by atoms with van der Waals surface area (Å²) in [4.78, 5) is 9.22. The lowest BCUT2D eigenvalue weighted by atomic mass is 10.3. The van der Waals surface area contributed by atoms with E-state index in [9.17, 15) is 0 Å². The first-order valence-electron chi connectivity index (χ1n) is 9.41. The van der Waals surface area contributed by atoms with Crippen LogP contribution in [0, 0.1) is 0 Å². The molecule has 1 unspecified atom stereocenters. The summed E-state index contributed by atoms with van der Waals surface area (Å²) in [5, 5.41) is 9.95. The van der Waals surface area contributed by atoms with Gasteiger partial charge in [-0.05, 0) is 32.4 Å². The second kappa shape index (κ2) is 11.4. The number of benzene rings is 1. The number of thiazole rings is 1. The smallest absolute Gasteiger partial charge is 0.191 e. The highest BCUT2D eigenvalue weighted by Crippen LogP contribution is 2.26. The first kappa shape index (κ1) is 21.0. The van der Waals surface area contributed by atoms with Crippen molar-refractivity contribution in [3.63, 3.8) is 0 Å². The van der Waals surface area contributed by atoms with Gasteiger partial charge in [0.15, 0.2) is 17.5 Å². The fourth-order valence-electron chi connectivity index (χ4n) is 2.47. The Morgan fingerprint density at radius 2 is 2.00 bits per heavy atom. The second-order valence-corrected chi connectivity index (χ2v) is 7.00. The zero-order valence-electron chi connectivity index (χ0n) is 16.6. The van der Waals surface area contributed by atoms with E-state index in [0.717, 1.165) is 49.1 Å². The lowest BCUT2D eigenvalue weighted by Crippen LogP contribution is -2.39. The Morgan fingerprint density at radius 3 is 2.67 bits per heavy atom. The minimum Gasteiger partial charge on any atom is -0.493 e. The Hall–Kier alpha value is -2.28. The molecular formula is C20H30N4O2S. The quantitative estimate of drug-likeness (QED) is 0.481. The van der Waals surface area contributed by atoms with Crippen molar-refractivity contribution in [2.45, 2.75) is 39.7 Å². The molecule has 2 rings (SSSR count). The van der Waals surface area contributed by atoms with Crippen LogP contribution < -0.4 is 20.1 Å². The van der Waals surface area contributed by atoms with Gasteiger partial charge in [-0.2, -0.15) is 0 Å². The topological polar surface area (TPSA) is 67.8 Å². The molecule has 1 aromatic carbocycles. The summed E-state index contributed by atoms with van der Waals surface area (Å²) in [5.41, 5.74) is 1.13. The van der Waals surface area contributed by atoms with Crippen molar-refractivity contribution < 1.29 is 9.47 Å². The number of aryl methyl sites for hydroxylation is 1. The summed E-state index contributed by atoms with van der Waals surface area (Å²) >= 11 is 1.73. The van der Waals surface area contributed by atoms with E-state index < -0.39 is 0 Å². The number of aromatic nitrogens is 1. The molecule has 0 radical (unpaired) electrons. The Bertz CT molecular complexity index is 718. The summed E-state index contributed by atoms with van der Waals surface area (Å²) in [6.07, 6.45) is 1.81. The van der Waals surface area contributed by atoms with Gasteiger partial charge in [0, 0.05) is 24.9 Å². The molecule has 6 nitrogen and oxygen atoms in total. The maximum absolute atomic E-state index is 5.96. The molecule has 0 aliphatic carbocycles. The van der Waals surface area contributed by atoms with Crippen LogP contribution in [0.25, 0.3) is 0 Å². The lowest BCUT2D eigenvalue weighted by molar-refractivity contribution is 0.219. The lowest BCUT2D eigenvalue weighted by Gasteiger charge is -2.16. The molecule has 2 aromatic rings. The number of guanidine groups is 1. The molecule has 0 spiro atoms. The highest BCUT2D eigenvalue weighted by atomic mass is 32.1. The van der Waals surface area contributed by atoms with E-state index in [-0.39, 0.29) is 6.10 Å². The molecule has 0 bridgehead atoms. The third-order valence-corrected chi connectivity index (χ3v) is 4.87. The molecule has 1 heterocycles. The first-order chi connectivity index (χ1) is 13.2. The van der Waals surface area contributed by atoms with E-state index in [1.807, 2.05) is 31.2 Å². The molecule has 27 heavy (non-hydrogen) atoms. The fourth-order valence-corrected chi connectivity index (χ4v) is 3.25. The molecule has 2 N–H and O–H groups in total. The van der Waals surface area contributed by atoms with E-state index in [1.165, 1.54) is 5.01 Å². The van der Waals surface area contributed by atoms with Crippen LogP contribution in [-0.2, 0) is 12.8 Å². The van der Waals surface area contributed by atoms with E-state index in [0.29, 0.717) is 6.54 Å². The number of hydrogen-bond donors (Lipinski definition) is 2. The van der Waals surface area contributed by atoms with Crippen molar-refractivity contribution in [1.29, 1.82) is 0 Å². The number of hydrogen-bond acceptors (Lipinski definition) is 5. The van der Waals surface area contributed by atoms with Gasteiger partial charge in [-0.15, -0.1) is 11.3 Å². The Morgan fingerprint density at radius 1 is 1.22 bits per heavy atom. The second-order valence-electron chi connectivity index (χ2n) is 6.06. The zero-order valence-corrected chi connectivity index (χ0v) is 17.4. The van der Waals surface area contributed by atoms with Crippen LogP contribution in [0.3, 0.4) is 0 Å². The molecule has 148 valence electrons. The maximum atomic E-state index is 5.96. The van der Waals surface area contributed by atoms with Gasteiger partial charge in [0.1, 0.15) is 6.10 Å². The highest BCUT2D eigenvalue weighted by molar-refractivity contribution is 7.09. The average Bonchev–Trinajstić information content (AvgIpc) is 3.14. The van der Waals surface area contributed by atoms with Crippen LogP contribution in [0.15, 0.2) is 34.6 Å². The van der Waals surface area contributed by atoms with Gasteiger partial charge in [0.05, 0.1) is 24.4 Å². The van der Waals surface area contributed by atoms with Crippen molar-refractivity contribution in [2.75, 3.05) is 26.7 Å². The molecule has 0 saturated carbocycles. The summed E-state index contributed by atoms with van der Waals surface area (Å²) in [6.45, 7) is 8.33. The number of rotatable bonds is 10. The van der Waals surface area contributed by atoms with Crippen molar-refractivity contribution in [1.82, 2.24) is 15.6 Å².